The van der Waals surface area contributed by atoms with Crippen molar-refractivity contribution in [3.63, 3.8) is 0 Å². The molecule has 0 aliphatic rings. The summed E-state index contributed by atoms with van der Waals surface area (Å²) in [6, 6.07) is 22.3. The lowest BCUT2D eigenvalue weighted by Crippen LogP contribution is -2.36. The molecule has 176 valence electrons. The van der Waals surface area contributed by atoms with Crippen molar-refractivity contribution < 1.29 is 14.3 Å². The van der Waals surface area contributed by atoms with Crippen molar-refractivity contribution in [3.05, 3.63) is 90.4 Å². The first-order valence-corrected chi connectivity index (χ1v) is 11.3. The predicted molar refractivity (Wildman–Crippen MR) is 131 cm³/mol. The molecular weight excluding hydrogens is 430 g/mol. The number of hydrogen-bond donors (Lipinski definition) is 2. The molecule has 0 aliphatic carbocycles. The molecule has 4 rings (SSSR count). The molecule has 8 heteroatoms. The Morgan fingerprint density at radius 2 is 1.79 bits per heavy atom. The fourth-order valence-corrected chi connectivity index (χ4v) is 3.57. The van der Waals surface area contributed by atoms with Gasteiger partial charge in [0.1, 0.15) is 12.4 Å². The van der Waals surface area contributed by atoms with E-state index in [1.54, 1.807) is 0 Å². The van der Waals surface area contributed by atoms with Crippen LogP contribution in [0, 0.1) is 5.92 Å². The van der Waals surface area contributed by atoms with Gasteiger partial charge in [0.15, 0.2) is 11.5 Å². The summed E-state index contributed by atoms with van der Waals surface area (Å²) >= 11 is 0. The van der Waals surface area contributed by atoms with Crippen LogP contribution in [0.1, 0.15) is 31.3 Å². The lowest BCUT2D eigenvalue weighted by Gasteiger charge is -2.21. The molecule has 4 aromatic rings. The van der Waals surface area contributed by atoms with Crippen LogP contribution < -0.4 is 15.4 Å². The highest BCUT2D eigenvalue weighted by atomic mass is 16.5. The van der Waals surface area contributed by atoms with Crippen molar-refractivity contribution in [3.8, 4) is 5.75 Å². The van der Waals surface area contributed by atoms with E-state index in [1.807, 2.05) is 97.2 Å². The van der Waals surface area contributed by atoms with E-state index in [9.17, 15) is 4.79 Å². The highest BCUT2D eigenvalue weighted by Crippen LogP contribution is 2.21. The largest absolute Gasteiger partial charge is 0.491 e. The molecule has 0 saturated carbocycles. The molecule has 2 aromatic carbocycles. The van der Waals surface area contributed by atoms with Gasteiger partial charge in [-0.2, -0.15) is 0 Å². The number of anilines is 1. The molecule has 8 nitrogen and oxygen atoms in total. The van der Waals surface area contributed by atoms with Gasteiger partial charge in [0.05, 0.1) is 19.3 Å². The molecule has 2 heterocycles. The fourth-order valence-electron chi connectivity index (χ4n) is 3.57. The molecule has 0 bridgehead atoms. The maximum absolute atomic E-state index is 12.8. The van der Waals surface area contributed by atoms with E-state index < -0.39 is 0 Å². The highest BCUT2D eigenvalue weighted by Gasteiger charge is 2.23. The topological polar surface area (TPSA) is 89.8 Å². The quantitative estimate of drug-likeness (QED) is 0.331. The first kappa shape index (κ1) is 23.3. The second-order valence-corrected chi connectivity index (χ2v) is 8.22. The Kier molecular flexibility index (Phi) is 7.72. The Hall–Kier alpha value is -3.91. The van der Waals surface area contributed by atoms with Crippen LogP contribution in [-0.2, 0) is 11.3 Å². The summed E-state index contributed by atoms with van der Waals surface area (Å²) in [6.45, 7) is 5.44. The fraction of sp³-hybridized carbons (Fsp3) is 0.269. The highest BCUT2D eigenvalue weighted by molar-refractivity contribution is 5.89. The van der Waals surface area contributed by atoms with Gasteiger partial charge in [-0.25, -0.2) is 4.79 Å². The zero-order chi connectivity index (χ0) is 23.8. The number of hydrogen-bond acceptors (Lipinski definition) is 5. The van der Waals surface area contributed by atoms with Crippen molar-refractivity contribution in [2.45, 2.75) is 26.5 Å². The molecule has 0 saturated heterocycles. The number of amides is 2. The van der Waals surface area contributed by atoms with Crippen LogP contribution in [0.5, 0.6) is 5.75 Å². The first-order chi connectivity index (χ1) is 16.6. The molecule has 0 radical (unpaired) electrons. The number of nitrogens with one attached hydrogen (secondary N) is 2. The zero-order valence-electron chi connectivity index (χ0n) is 19.3. The Bertz CT molecular complexity index is 1210. The maximum Gasteiger partial charge on any atom is 0.319 e. The van der Waals surface area contributed by atoms with E-state index >= 15 is 0 Å². The van der Waals surface area contributed by atoms with Crippen molar-refractivity contribution >= 4 is 17.4 Å². The number of carbonyl (C=O) groups is 1. The van der Waals surface area contributed by atoms with Crippen LogP contribution >= 0.6 is 0 Å². The van der Waals surface area contributed by atoms with E-state index in [0.717, 1.165) is 17.0 Å². The minimum absolute atomic E-state index is 0.121. The smallest absolute Gasteiger partial charge is 0.319 e. The summed E-state index contributed by atoms with van der Waals surface area (Å²) in [4.78, 5) is 12.8. The third-order valence-corrected chi connectivity index (χ3v) is 5.26. The van der Waals surface area contributed by atoms with Crippen LogP contribution in [0.15, 0.2) is 79.0 Å². The third kappa shape index (κ3) is 6.11. The monoisotopic (exact) mass is 459 g/mol. The Balaban J connectivity index is 1.29. The van der Waals surface area contributed by atoms with E-state index in [-0.39, 0.29) is 18.0 Å². The van der Waals surface area contributed by atoms with Crippen LogP contribution in [-0.4, -0.2) is 33.8 Å². The minimum atomic E-state index is -0.305. The van der Waals surface area contributed by atoms with Gasteiger partial charge in [-0.1, -0.05) is 50.2 Å². The van der Waals surface area contributed by atoms with Gasteiger partial charge in [0, 0.05) is 11.9 Å². The third-order valence-electron chi connectivity index (χ3n) is 5.26. The lowest BCUT2D eigenvalue weighted by atomic mass is 10.0. The van der Waals surface area contributed by atoms with Gasteiger partial charge in [-0.05, 0) is 47.9 Å². The molecule has 1 unspecified atom stereocenters. The van der Waals surface area contributed by atoms with E-state index in [2.05, 4.69) is 20.8 Å². The number of nitrogens with zero attached hydrogens (tertiary/aromatic N) is 3. The normalized spacial score (nSPS) is 12.0. The van der Waals surface area contributed by atoms with E-state index in [4.69, 9.17) is 9.47 Å². The molecular formula is C26H29N5O3. The Morgan fingerprint density at radius 3 is 2.62 bits per heavy atom. The van der Waals surface area contributed by atoms with Crippen molar-refractivity contribution in [2.75, 3.05) is 18.5 Å². The number of para-hydroxylation sites is 1. The average Bonchev–Trinajstić information content (AvgIpc) is 3.27. The van der Waals surface area contributed by atoms with Crippen molar-refractivity contribution in [1.82, 2.24) is 19.9 Å². The molecule has 34 heavy (non-hydrogen) atoms. The van der Waals surface area contributed by atoms with Gasteiger partial charge in [0.25, 0.3) is 0 Å². The lowest BCUT2D eigenvalue weighted by molar-refractivity contribution is 0.0889. The summed E-state index contributed by atoms with van der Waals surface area (Å²) in [5.74, 6) is 1.64. The number of ether oxygens (including phenoxy) is 2. The van der Waals surface area contributed by atoms with Crippen LogP contribution in [0.3, 0.4) is 0 Å². The van der Waals surface area contributed by atoms with Crippen LogP contribution in [0.25, 0.3) is 5.65 Å². The summed E-state index contributed by atoms with van der Waals surface area (Å²) < 4.78 is 13.2. The Labute approximate surface area is 198 Å². The molecule has 2 N–H and O–H groups in total. The number of benzene rings is 2. The van der Waals surface area contributed by atoms with Gasteiger partial charge in [0.2, 0.25) is 0 Å². The zero-order valence-corrected chi connectivity index (χ0v) is 19.3. The van der Waals surface area contributed by atoms with Crippen LogP contribution in [0.4, 0.5) is 10.5 Å². The number of fused-ring (bicyclic) bond motifs is 1. The number of carbonyl (C=O) groups excluding carboxylic acids is 1. The molecule has 0 aliphatic heterocycles. The number of pyridine rings is 1. The summed E-state index contributed by atoms with van der Waals surface area (Å²) in [5.41, 5.74) is 2.39. The molecule has 0 fully saturated rings. The van der Waals surface area contributed by atoms with Gasteiger partial charge in [-0.15, -0.1) is 10.2 Å². The molecule has 2 amide bonds. The van der Waals surface area contributed by atoms with Gasteiger partial charge < -0.3 is 20.1 Å². The van der Waals surface area contributed by atoms with Crippen molar-refractivity contribution in [2.24, 2.45) is 5.92 Å². The Morgan fingerprint density at radius 1 is 0.971 bits per heavy atom. The SMILES string of the molecule is CC(C)C(NC(=O)Nc1cccc(COCCOc2ccccc2)c1)c1nnc2ccccn12. The van der Waals surface area contributed by atoms with Gasteiger partial charge in [-0.3, -0.25) is 4.40 Å². The second kappa shape index (κ2) is 11.3. The maximum atomic E-state index is 12.8. The molecule has 1 atom stereocenters. The predicted octanol–water partition coefficient (Wildman–Crippen LogP) is 4.84. The standard InChI is InChI=1S/C26H29N5O3/c1-19(2)24(25-30-29-23-13-6-7-14-31(23)25)28-26(32)27-21-10-8-9-20(17-21)18-33-15-16-34-22-11-4-3-5-12-22/h3-14,17,19,24H,15-16,18H2,1-2H3,(H2,27,28,32). The summed E-state index contributed by atoms with van der Waals surface area (Å²) in [6.07, 6.45) is 1.90. The van der Waals surface area contributed by atoms with E-state index in [1.165, 1.54) is 0 Å². The van der Waals surface area contributed by atoms with Crippen LogP contribution in [0.2, 0.25) is 0 Å². The van der Waals surface area contributed by atoms with Gasteiger partial charge >= 0.3 is 6.03 Å². The minimum Gasteiger partial charge on any atom is -0.491 e. The number of aromatic nitrogens is 3. The summed E-state index contributed by atoms with van der Waals surface area (Å²) in [7, 11) is 0. The molecule has 0 spiro atoms. The summed E-state index contributed by atoms with van der Waals surface area (Å²) in [5, 5.41) is 14.5. The first-order valence-electron chi connectivity index (χ1n) is 11.3. The molecule has 2 aromatic heterocycles. The number of urea groups is 1. The second-order valence-electron chi connectivity index (χ2n) is 8.22. The average molecular weight is 460 g/mol. The van der Waals surface area contributed by atoms with Crippen molar-refractivity contribution in [1.29, 1.82) is 0 Å². The number of rotatable bonds is 10. The van der Waals surface area contributed by atoms with E-state index in [0.29, 0.717) is 31.3 Å².